The van der Waals surface area contributed by atoms with Gasteiger partial charge in [-0.2, -0.15) is 0 Å². The van der Waals surface area contributed by atoms with E-state index in [1.54, 1.807) is 24.3 Å². The van der Waals surface area contributed by atoms with Crippen molar-refractivity contribution in [1.29, 1.82) is 0 Å². The summed E-state index contributed by atoms with van der Waals surface area (Å²) in [7, 11) is 1.30. The van der Waals surface area contributed by atoms with Crippen LogP contribution in [0.5, 0.6) is 0 Å². The number of rotatable bonds is 6. The SMILES string of the molecule is COC(=O)Nc1ccc(NC(=O)c2ccccc2CCc2ccccc2)cc1. The topological polar surface area (TPSA) is 67.4 Å². The van der Waals surface area contributed by atoms with Crippen molar-refractivity contribution in [3.05, 3.63) is 95.6 Å². The molecule has 0 aliphatic heterocycles. The molecule has 0 saturated carbocycles. The van der Waals surface area contributed by atoms with Crippen LogP contribution < -0.4 is 10.6 Å². The number of ether oxygens (including phenoxy) is 1. The third kappa shape index (κ3) is 5.20. The third-order valence-corrected chi connectivity index (χ3v) is 4.36. The monoisotopic (exact) mass is 374 g/mol. The fraction of sp³-hybridized carbons (Fsp3) is 0.130. The molecule has 28 heavy (non-hydrogen) atoms. The maximum atomic E-state index is 12.8. The van der Waals surface area contributed by atoms with E-state index in [9.17, 15) is 9.59 Å². The third-order valence-electron chi connectivity index (χ3n) is 4.36. The van der Waals surface area contributed by atoms with E-state index >= 15 is 0 Å². The molecule has 0 atom stereocenters. The fourth-order valence-corrected chi connectivity index (χ4v) is 2.89. The minimum atomic E-state index is -0.538. The fourth-order valence-electron chi connectivity index (χ4n) is 2.89. The van der Waals surface area contributed by atoms with Crippen molar-refractivity contribution in [3.8, 4) is 0 Å². The van der Waals surface area contributed by atoms with Gasteiger partial charge in [-0.3, -0.25) is 10.1 Å². The molecule has 3 aromatic rings. The summed E-state index contributed by atoms with van der Waals surface area (Å²) >= 11 is 0. The van der Waals surface area contributed by atoms with Crippen LogP contribution in [0.2, 0.25) is 0 Å². The molecule has 0 aromatic heterocycles. The number of carbonyl (C=O) groups is 2. The summed E-state index contributed by atoms with van der Waals surface area (Å²) in [6.07, 6.45) is 1.12. The second-order valence-corrected chi connectivity index (χ2v) is 6.29. The molecule has 0 spiro atoms. The molecule has 5 heteroatoms. The number of amides is 2. The second-order valence-electron chi connectivity index (χ2n) is 6.29. The Balaban J connectivity index is 1.66. The summed E-state index contributed by atoms with van der Waals surface area (Å²) in [6.45, 7) is 0. The van der Waals surface area contributed by atoms with Crippen LogP contribution in [0.25, 0.3) is 0 Å². The van der Waals surface area contributed by atoms with Gasteiger partial charge in [-0.15, -0.1) is 0 Å². The van der Waals surface area contributed by atoms with Crippen LogP contribution >= 0.6 is 0 Å². The zero-order valence-corrected chi connectivity index (χ0v) is 15.6. The Labute approximate surface area is 164 Å². The Morgan fingerprint density at radius 1 is 0.750 bits per heavy atom. The highest BCUT2D eigenvalue weighted by Gasteiger charge is 2.11. The van der Waals surface area contributed by atoms with Crippen LogP contribution in [-0.4, -0.2) is 19.1 Å². The number of hydrogen-bond donors (Lipinski definition) is 2. The van der Waals surface area contributed by atoms with E-state index < -0.39 is 6.09 Å². The van der Waals surface area contributed by atoms with Crippen molar-refractivity contribution in [1.82, 2.24) is 0 Å². The highest BCUT2D eigenvalue weighted by molar-refractivity contribution is 6.05. The van der Waals surface area contributed by atoms with Gasteiger partial charge < -0.3 is 10.1 Å². The van der Waals surface area contributed by atoms with Crippen molar-refractivity contribution in [3.63, 3.8) is 0 Å². The van der Waals surface area contributed by atoms with Crippen molar-refractivity contribution in [2.24, 2.45) is 0 Å². The van der Waals surface area contributed by atoms with Gasteiger partial charge in [0.1, 0.15) is 0 Å². The molecule has 0 heterocycles. The highest BCUT2D eigenvalue weighted by Crippen LogP contribution is 2.17. The van der Waals surface area contributed by atoms with Crippen LogP contribution in [0.4, 0.5) is 16.2 Å². The molecular formula is C23H22N2O3. The lowest BCUT2D eigenvalue weighted by atomic mass is 9.99. The molecule has 0 bridgehead atoms. The average molecular weight is 374 g/mol. The van der Waals surface area contributed by atoms with Gasteiger partial charge in [0.25, 0.3) is 5.91 Å². The zero-order valence-electron chi connectivity index (χ0n) is 15.6. The average Bonchev–Trinajstić information content (AvgIpc) is 2.74. The lowest BCUT2D eigenvalue weighted by Gasteiger charge is -2.11. The summed E-state index contributed by atoms with van der Waals surface area (Å²) in [5.41, 5.74) is 4.15. The first-order valence-electron chi connectivity index (χ1n) is 9.04. The van der Waals surface area contributed by atoms with Crippen LogP contribution in [0.3, 0.4) is 0 Å². The van der Waals surface area contributed by atoms with E-state index in [2.05, 4.69) is 27.5 Å². The molecule has 0 saturated heterocycles. The Morgan fingerprint density at radius 2 is 1.36 bits per heavy atom. The van der Waals surface area contributed by atoms with E-state index in [1.165, 1.54) is 12.7 Å². The van der Waals surface area contributed by atoms with Crippen molar-refractivity contribution >= 4 is 23.4 Å². The quantitative estimate of drug-likeness (QED) is 0.645. The molecule has 5 nitrogen and oxygen atoms in total. The van der Waals surface area contributed by atoms with Gasteiger partial charge in [0, 0.05) is 16.9 Å². The maximum absolute atomic E-state index is 12.8. The molecule has 3 aromatic carbocycles. The molecular weight excluding hydrogens is 352 g/mol. The molecule has 2 N–H and O–H groups in total. The predicted molar refractivity (Wildman–Crippen MR) is 111 cm³/mol. The second kappa shape index (κ2) is 9.37. The van der Waals surface area contributed by atoms with E-state index in [0.29, 0.717) is 16.9 Å². The van der Waals surface area contributed by atoms with Crippen molar-refractivity contribution < 1.29 is 14.3 Å². The molecule has 0 aliphatic rings. The smallest absolute Gasteiger partial charge is 0.411 e. The summed E-state index contributed by atoms with van der Waals surface area (Å²) < 4.78 is 4.56. The molecule has 0 fully saturated rings. The number of aryl methyl sites for hydroxylation is 2. The van der Waals surface area contributed by atoms with E-state index in [4.69, 9.17) is 0 Å². The lowest BCUT2D eigenvalue weighted by molar-refractivity contribution is 0.102. The van der Waals surface area contributed by atoms with E-state index in [-0.39, 0.29) is 5.91 Å². The van der Waals surface area contributed by atoms with Crippen LogP contribution in [0.1, 0.15) is 21.5 Å². The normalized spacial score (nSPS) is 10.2. The molecule has 0 unspecified atom stereocenters. The number of carbonyl (C=O) groups excluding carboxylic acids is 2. The minimum Gasteiger partial charge on any atom is -0.453 e. The van der Waals surface area contributed by atoms with Gasteiger partial charge in [-0.05, 0) is 54.3 Å². The Kier molecular flexibility index (Phi) is 6.41. The molecule has 142 valence electrons. The number of hydrogen-bond acceptors (Lipinski definition) is 3. The number of nitrogens with one attached hydrogen (secondary N) is 2. The van der Waals surface area contributed by atoms with Crippen LogP contribution in [0, 0.1) is 0 Å². The van der Waals surface area contributed by atoms with E-state index in [0.717, 1.165) is 18.4 Å². The molecule has 3 rings (SSSR count). The first kappa shape index (κ1) is 19.2. The summed E-state index contributed by atoms with van der Waals surface area (Å²) in [4.78, 5) is 24.0. The molecule has 0 radical (unpaired) electrons. The summed E-state index contributed by atoms with van der Waals surface area (Å²) in [6, 6.07) is 24.7. The summed E-state index contributed by atoms with van der Waals surface area (Å²) in [5.74, 6) is -0.155. The zero-order chi connectivity index (χ0) is 19.8. The highest BCUT2D eigenvalue weighted by atomic mass is 16.5. The van der Waals surface area contributed by atoms with Gasteiger partial charge in [0.2, 0.25) is 0 Å². The van der Waals surface area contributed by atoms with Gasteiger partial charge in [-0.25, -0.2) is 4.79 Å². The number of methoxy groups -OCH3 is 1. The largest absolute Gasteiger partial charge is 0.453 e. The first-order valence-corrected chi connectivity index (χ1v) is 9.04. The Hall–Kier alpha value is -3.60. The van der Waals surface area contributed by atoms with Crippen LogP contribution in [-0.2, 0) is 17.6 Å². The van der Waals surface area contributed by atoms with Crippen LogP contribution in [0.15, 0.2) is 78.9 Å². The van der Waals surface area contributed by atoms with Gasteiger partial charge in [0.15, 0.2) is 0 Å². The van der Waals surface area contributed by atoms with Crippen molar-refractivity contribution in [2.45, 2.75) is 12.8 Å². The Bertz CT molecular complexity index is 938. The number of anilines is 2. The van der Waals surface area contributed by atoms with E-state index in [1.807, 2.05) is 42.5 Å². The molecule has 2 amide bonds. The van der Waals surface area contributed by atoms with Gasteiger partial charge in [0.05, 0.1) is 7.11 Å². The lowest BCUT2D eigenvalue weighted by Crippen LogP contribution is -2.15. The Morgan fingerprint density at radius 3 is 2.04 bits per heavy atom. The van der Waals surface area contributed by atoms with Gasteiger partial charge >= 0.3 is 6.09 Å². The van der Waals surface area contributed by atoms with Crippen molar-refractivity contribution in [2.75, 3.05) is 17.7 Å². The minimum absolute atomic E-state index is 0.155. The molecule has 0 aliphatic carbocycles. The number of benzene rings is 3. The standard InChI is InChI=1S/C23H22N2O3/c1-28-23(27)25-20-15-13-19(14-16-20)24-22(26)21-10-6-5-9-18(21)12-11-17-7-3-2-4-8-17/h2-10,13-16H,11-12H2,1H3,(H,24,26)(H,25,27). The first-order chi connectivity index (χ1) is 13.7. The van der Waals surface area contributed by atoms with Gasteiger partial charge in [-0.1, -0.05) is 48.5 Å². The summed E-state index contributed by atoms with van der Waals surface area (Å²) in [5, 5.41) is 5.48. The predicted octanol–water partition coefficient (Wildman–Crippen LogP) is 4.90. The maximum Gasteiger partial charge on any atom is 0.411 e.